The standard InChI is InChI=1S/C13H16O2/c1-2-3-4-13(14)10-5-6-11-8-15-9-12(11)7-10/h5-7H,2-4,8-9H2,1H3. The zero-order valence-electron chi connectivity index (χ0n) is 9.08. The average Bonchev–Trinajstić information content (AvgIpc) is 2.72. The van der Waals surface area contributed by atoms with Crippen LogP contribution in [0.15, 0.2) is 18.2 Å². The van der Waals surface area contributed by atoms with Crippen molar-refractivity contribution in [1.29, 1.82) is 0 Å². The predicted octanol–water partition coefficient (Wildman–Crippen LogP) is 3.09. The van der Waals surface area contributed by atoms with E-state index in [-0.39, 0.29) is 5.78 Å². The summed E-state index contributed by atoms with van der Waals surface area (Å²) in [4.78, 5) is 11.8. The van der Waals surface area contributed by atoms with Gasteiger partial charge in [0, 0.05) is 12.0 Å². The maximum absolute atomic E-state index is 11.8. The van der Waals surface area contributed by atoms with Crippen LogP contribution in [0, 0.1) is 0 Å². The van der Waals surface area contributed by atoms with Crippen LogP contribution in [-0.4, -0.2) is 5.78 Å². The fourth-order valence-electron chi connectivity index (χ4n) is 1.83. The lowest BCUT2D eigenvalue weighted by atomic mass is 10.0. The third-order valence-corrected chi connectivity index (χ3v) is 2.80. The van der Waals surface area contributed by atoms with Gasteiger partial charge in [0.25, 0.3) is 0 Å². The summed E-state index contributed by atoms with van der Waals surface area (Å²) in [6.07, 6.45) is 2.71. The monoisotopic (exact) mass is 204 g/mol. The van der Waals surface area contributed by atoms with Gasteiger partial charge < -0.3 is 4.74 Å². The number of unbranched alkanes of at least 4 members (excludes halogenated alkanes) is 1. The van der Waals surface area contributed by atoms with Crippen molar-refractivity contribution in [2.75, 3.05) is 0 Å². The van der Waals surface area contributed by atoms with Gasteiger partial charge in [-0.15, -0.1) is 0 Å². The van der Waals surface area contributed by atoms with Gasteiger partial charge >= 0.3 is 0 Å². The second kappa shape index (κ2) is 4.58. The molecule has 0 saturated carbocycles. The molecule has 0 atom stereocenters. The maximum Gasteiger partial charge on any atom is 0.162 e. The number of carbonyl (C=O) groups excluding carboxylic acids is 1. The molecule has 0 fully saturated rings. The number of Topliss-reactive ketones (excluding diaryl/α,β-unsaturated/α-hetero) is 1. The Bertz CT molecular complexity index is 369. The summed E-state index contributed by atoms with van der Waals surface area (Å²) in [5.74, 6) is 0.256. The highest BCUT2D eigenvalue weighted by Gasteiger charge is 2.13. The molecular formula is C13H16O2. The molecule has 0 aromatic heterocycles. The molecule has 0 radical (unpaired) electrons. The maximum atomic E-state index is 11.8. The summed E-state index contributed by atoms with van der Waals surface area (Å²) in [6, 6.07) is 5.92. The number of ether oxygens (including phenoxy) is 1. The number of fused-ring (bicyclic) bond motifs is 1. The van der Waals surface area contributed by atoms with Gasteiger partial charge in [-0.1, -0.05) is 25.5 Å². The number of ketones is 1. The molecule has 1 heterocycles. The van der Waals surface area contributed by atoms with Gasteiger partial charge in [-0.25, -0.2) is 0 Å². The van der Waals surface area contributed by atoms with E-state index in [1.165, 1.54) is 11.1 Å². The van der Waals surface area contributed by atoms with Crippen LogP contribution in [0.4, 0.5) is 0 Å². The Labute approximate surface area is 90.3 Å². The van der Waals surface area contributed by atoms with Gasteiger partial charge in [0.15, 0.2) is 5.78 Å². The molecular weight excluding hydrogens is 188 g/mol. The quantitative estimate of drug-likeness (QED) is 0.704. The van der Waals surface area contributed by atoms with Crippen LogP contribution >= 0.6 is 0 Å². The molecule has 80 valence electrons. The Balaban J connectivity index is 2.12. The van der Waals surface area contributed by atoms with Gasteiger partial charge in [0.05, 0.1) is 13.2 Å². The van der Waals surface area contributed by atoms with Gasteiger partial charge in [-0.3, -0.25) is 4.79 Å². The fourth-order valence-corrected chi connectivity index (χ4v) is 1.83. The van der Waals surface area contributed by atoms with E-state index in [0.29, 0.717) is 19.6 Å². The lowest BCUT2D eigenvalue weighted by Crippen LogP contribution is -1.99. The molecule has 2 heteroatoms. The van der Waals surface area contributed by atoms with Crippen LogP contribution in [0.3, 0.4) is 0 Å². The summed E-state index contributed by atoms with van der Waals surface area (Å²) in [5, 5.41) is 0. The van der Waals surface area contributed by atoms with Crippen molar-refractivity contribution in [2.24, 2.45) is 0 Å². The first-order chi connectivity index (χ1) is 7.31. The number of hydrogen-bond acceptors (Lipinski definition) is 2. The van der Waals surface area contributed by atoms with E-state index < -0.39 is 0 Å². The number of hydrogen-bond donors (Lipinski definition) is 0. The Morgan fingerprint density at radius 2 is 2.13 bits per heavy atom. The first kappa shape index (κ1) is 10.4. The highest BCUT2D eigenvalue weighted by atomic mass is 16.5. The van der Waals surface area contributed by atoms with Crippen molar-refractivity contribution in [1.82, 2.24) is 0 Å². The minimum atomic E-state index is 0.256. The van der Waals surface area contributed by atoms with E-state index in [1.807, 2.05) is 18.2 Å². The molecule has 0 saturated heterocycles. The van der Waals surface area contributed by atoms with E-state index >= 15 is 0 Å². The minimum Gasteiger partial charge on any atom is -0.372 e. The zero-order chi connectivity index (χ0) is 10.7. The van der Waals surface area contributed by atoms with E-state index in [1.54, 1.807) is 0 Å². The predicted molar refractivity (Wildman–Crippen MR) is 58.8 cm³/mol. The van der Waals surface area contributed by atoms with Crippen LogP contribution < -0.4 is 0 Å². The van der Waals surface area contributed by atoms with E-state index in [0.717, 1.165) is 18.4 Å². The van der Waals surface area contributed by atoms with Crippen molar-refractivity contribution in [3.63, 3.8) is 0 Å². The van der Waals surface area contributed by atoms with Crippen molar-refractivity contribution < 1.29 is 9.53 Å². The highest BCUT2D eigenvalue weighted by molar-refractivity contribution is 5.96. The highest BCUT2D eigenvalue weighted by Crippen LogP contribution is 2.21. The second-order valence-corrected chi connectivity index (χ2v) is 4.00. The van der Waals surface area contributed by atoms with E-state index in [9.17, 15) is 4.79 Å². The molecule has 0 amide bonds. The van der Waals surface area contributed by atoms with Crippen molar-refractivity contribution >= 4 is 5.78 Å². The smallest absolute Gasteiger partial charge is 0.162 e. The zero-order valence-corrected chi connectivity index (χ0v) is 9.08. The minimum absolute atomic E-state index is 0.256. The first-order valence-corrected chi connectivity index (χ1v) is 5.54. The molecule has 0 spiro atoms. The van der Waals surface area contributed by atoms with Crippen LogP contribution in [0.1, 0.15) is 47.7 Å². The topological polar surface area (TPSA) is 26.3 Å². The molecule has 0 bridgehead atoms. The molecule has 0 aliphatic carbocycles. The fraction of sp³-hybridized carbons (Fsp3) is 0.462. The van der Waals surface area contributed by atoms with Gasteiger partial charge in [-0.05, 0) is 23.6 Å². The summed E-state index contributed by atoms with van der Waals surface area (Å²) >= 11 is 0. The molecule has 2 nitrogen and oxygen atoms in total. The number of rotatable bonds is 4. The lowest BCUT2D eigenvalue weighted by Gasteiger charge is -2.02. The SMILES string of the molecule is CCCCC(=O)c1ccc2c(c1)COC2. The Kier molecular flexibility index (Phi) is 3.17. The summed E-state index contributed by atoms with van der Waals surface area (Å²) < 4.78 is 5.32. The molecule has 0 N–H and O–H groups in total. The van der Waals surface area contributed by atoms with Crippen LogP contribution in [-0.2, 0) is 18.0 Å². The summed E-state index contributed by atoms with van der Waals surface area (Å²) in [5.41, 5.74) is 3.24. The van der Waals surface area contributed by atoms with Gasteiger partial charge in [0.1, 0.15) is 0 Å². The summed E-state index contributed by atoms with van der Waals surface area (Å²) in [6.45, 7) is 3.45. The van der Waals surface area contributed by atoms with Gasteiger partial charge in [-0.2, -0.15) is 0 Å². The molecule has 15 heavy (non-hydrogen) atoms. The first-order valence-electron chi connectivity index (χ1n) is 5.54. The Morgan fingerprint density at radius 3 is 2.93 bits per heavy atom. The Hall–Kier alpha value is -1.15. The lowest BCUT2D eigenvalue weighted by molar-refractivity contribution is 0.0979. The largest absolute Gasteiger partial charge is 0.372 e. The third-order valence-electron chi connectivity index (χ3n) is 2.80. The molecule has 2 rings (SSSR count). The van der Waals surface area contributed by atoms with Crippen molar-refractivity contribution in [2.45, 2.75) is 39.4 Å². The van der Waals surface area contributed by atoms with Gasteiger partial charge in [0.2, 0.25) is 0 Å². The molecule has 1 aliphatic heterocycles. The van der Waals surface area contributed by atoms with Crippen LogP contribution in [0.5, 0.6) is 0 Å². The third kappa shape index (κ3) is 2.26. The normalized spacial score (nSPS) is 13.9. The average molecular weight is 204 g/mol. The Morgan fingerprint density at radius 1 is 1.33 bits per heavy atom. The van der Waals surface area contributed by atoms with E-state index in [4.69, 9.17) is 4.74 Å². The van der Waals surface area contributed by atoms with Crippen molar-refractivity contribution in [3.05, 3.63) is 34.9 Å². The molecule has 1 aromatic carbocycles. The second-order valence-electron chi connectivity index (χ2n) is 4.00. The molecule has 1 aliphatic rings. The summed E-state index contributed by atoms with van der Waals surface area (Å²) in [7, 11) is 0. The molecule has 1 aromatic rings. The number of carbonyl (C=O) groups is 1. The van der Waals surface area contributed by atoms with Crippen LogP contribution in [0.25, 0.3) is 0 Å². The van der Waals surface area contributed by atoms with Crippen LogP contribution in [0.2, 0.25) is 0 Å². The van der Waals surface area contributed by atoms with Crippen molar-refractivity contribution in [3.8, 4) is 0 Å². The molecule has 0 unspecified atom stereocenters. The van der Waals surface area contributed by atoms with E-state index in [2.05, 4.69) is 6.92 Å². The number of benzene rings is 1.